The summed E-state index contributed by atoms with van der Waals surface area (Å²) < 4.78 is 11.5. The normalized spacial score (nSPS) is 16.9. The van der Waals surface area contributed by atoms with Crippen molar-refractivity contribution in [3.05, 3.63) is 65.3 Å². The molecule has 2 aliphatic heterocycles. The average molecular weight is 533 g/mol. The first-order valence-electron chi connectivity index (χ1n) is 13.5. The van der Waals surface area contributed by atoms with Crippen LogP contribution >= 0.6 is 0 Å². The molecular weight excluding hydrogens is 496 g/mol. The second kappa shape index (κ2) is 12.3. The van der Waals surface area contributed by atoms with E-state index in [9.17, 15) is 14.4 Å². The van der Waals surface area contributed by atoms with Crippen molar-refractivity contribution in [3.8, 4) is 5.75 Å². The van der Waals surface area contributed by atoms with Gasteiger partial charge in [-0.05, 0) is 63.8 Å². The van der Waals surface area contributed by atoms with Crippen LogP contribution in [0.3, 0.4) is 0 Å². The van der Waals surface area contributed by atoms with Crippen LogP contribution in [0.25, 0.3) is 4.85 Å². The van der Waals surface area contributed by atoms with Crippen LogP contribution in [0.5, 0.6) is 5.75 Å². The smallest absolute Gasteiger partial charge is 0.410 e. The Balaban J connectivity index is 1.22. The Morgan fingerprint density at radius 2 is 1.59 bits per heavy atom. The topological polar surface area (TPSA) is 93.4 Å². The third kappa shape index (κ3) is 7.79. The monoisotopic (exact) mass is 532 g/mol. The molecule has 0 saturated carbocycles. The number of aromatic nitrogens is 1. The van der Waals surface area contributed by atoms with Gasteiger partial charge in [-0.25, -0.2) is 9.64 Å². The van der Waals surface area contributed by atoms with E-state index in [-0.39, 0.29) is 29.8 Å². The van der Waals surface area contributed by atoms with Crippen LogP contribution in [0.2, 0.25) is 0 Å². The number of carbonyl (C=O) groups excluding carboxylic acids is 3. The van der Waals surface area contributed by atoms with Gasteiger partial charge in [0.05, 0.1) is 6.57 Å². The van der Waals surface area contributed by atoms with Gasteiger partial charge < -0.3 is 19.3 Å². The number of nitrogens with zero attached hydrogens (tertiary/aromatic N) is 4. The SMILES string of the molecule is [C-]#[N+]c1ccc(OC2CCN(C(=O)c3ccc(C(=O)CC4CCN(C(=O)OC(C)(C)C)CC4)cn3)CC2)cc1. The maximum atomic E-state index is 13.0. The third-order valence-electron chi connectivity index (χ3n) is 7.04. The van der Waals surface area contributed by atoms with Crippen molar-refractivity contribution in [2.24, 2.45) is 5.92 Å². The third-order valence-corrected chi connectivity index (χ3v) is 7.04. The van der Waals surface area contributed by atoms with Crippen molar-refractivity contribution in [1.29, 1.82) is 0 Å². The predicted molar refractivity (Wildman–Crippen MR) is 146 cm³/mol. The molecule has 0 radical (unpaired) electrons. The Labute approximate surface area is 229 Å². The first kappa shape index (κ1) is 28.1. The highest BCUT2D eigenvalue weighted by molar-refractivity contribution is 5.97. The van der Waals surface area contributed by atoms with Crippen LogP contribution < -0.4 is 4.74 Å². The molecular formula is C30H36N4O5. The fourth-order valence-electron chi connectivity index (χ4n) is 4.84. The quantitative estimate of drug-likeness (QED) is 0.358. The summed E-state index contributed by atoms with van der Waals surface area (Å²) in [7, 11) is 0. The summed E-state index contributed by atoms with van der Waals surface area (Å²) in [6, 6.07) is 10.4. The molecule has 2 aliphatic rings. The van der Waals surface area contributed by atoms with E-state index in [1.54, 1.807) is 46.2 Å². The zero-order chi connectivity index (χ0) is 28.0. The number of ether oxygens (including phenoxy) is 2. The lowest BCUT2D eigenvalue weighted by Crippen LogP contribution is -2.42. The number of carbonyl (C=O) groups is 3. The molecule has 0 unspecified atom stereocenters. The fraction of sp³-hybridized carbons (Fsp3) is 0.500. The lowest BCUT2D eigenvalue weighted by Gasteiger charge is -2.33. The molecule has 2 fully saturated rings. The lowest BCUT2D eigenvalue weighted by atomic mass is 9.90. The van der Waals surface area contributed by atoms with Crippen molar-refractivity contribution >= 4 is 23.5 Å². The number of pyridine rings is 1. The summed E-state index contributed by atoms with van der Waals surface area (Å²) in [5.41, 5.74) is 0.871. The standard InChI is InChI=1S/C30H36N4O5/c1-30(2,3)39-29(37)34-15-11-21(12-16-34)19-27(35)22-5-10-26(32-20-22)28(36)33-17-13-25(14-18-33)38-24-8-6-23(31-4)7-9-24/h5-10,20-21,25H,11-19H2,1-3H3. The number of rotatable bonds is 6. The number of amides is 2. The van der Waals surface area contributed by atoms with Gasteiger partial charge >= 0.3 is 6.09 Å². The van der Waals surface area contributed by atoms with Gasteiger partial charge in [0, 0.05) is 57.2 Å². The highest BCUT2D eigenvalue weighted by atomic mass is 16.6. The van der Waals surface area contributed by atoms with Gasteiger partial charge in [-0.15, -0.1) is 0 Å². The molecule has 2 saturated heterocycles. The summed E-state index contributed by atoms with van der Waals surface area (Å²) in [5, 5.41) is 0. The van der Waals surface area contributed by atoms with Gasteiger partial charge in [-0.1, -0.05) is 12.1 Å². The Bertz CT molecular complexity index is 1200. The molecule has 0 atom stereocenters. The fourth-order valence-corrected chi connectivity index (χ4v) is 4.84. The van der Waals surface area contributed by atoms with Gasteiger partial charge in [0.1, 0.15) is 23.1 Å². The summed E-state index contributed by atoms with van der Waals surface area (Å²) in [4.78, 5) is 49.2. The van der Waals surface area contributed by atoms with Crippen LogP contribution in [-0.2, 0) is 4.74 Å². The molecule has 39 heavy (non-hydrogen) atoms. The molecule has 2 aromatic rings. The van der Waals surface area contributed by atoms with Gasteiger partial charge in [0.2, 0.25) is 0 Å². The number of benzene rings is 1. The van der Waals surface area contributed by atoms with Crippen molar-refractivity contribution in [3.63, 3.8) is 0 Å². The van der Waals surface area contributed by atoms with Crippen molar-refractivity contribution in [1.82, 2.24) is 14.8 Å². The van der Waals surface area contributed by atoms with Crippen LogP contribution in [0.4, 0.5) is 10.5 Å². The van der Waals surface area contributed by atoms with Crippen molar-refractivity contribution < 1.29 is 23.9 Å². The van der Waals surface area contributed by atoms with Gasteiger partial charge in [0.15, 0.2) is 11.5 Å². The zero-order valence-electron chi connectivity index (χ0n) is 22.9. The molecule has 9 heteroatoms. The summed E-state index contributed by atoms with van der Waals surface area (Å²) >= 11 is 0. The minimum atomic E-state index is -0.525. The van der Waals surface area contributed by atoms with E-state index in [4.69, 9.17) is 16.0 Å². The van der Waals surface area contributed by atoms with E-state index < -0.39 is 5.60 Å². The molecule has 1 aromatic carbocycles. The van der Waals surface area contributed by atoms with E-state index in [1.807, 2.05) is 20.8 Å². The molecule has 206 valence electrons. The second-order valence-electron chi connectivity index (χ2n) is 11.2. The Kier molecular flexibility index (Phi) is 8.85. The van der Waals surface area contributed by atoms with E-state index in [1.165, 1.54) is 6.20 Å². The largest absolute Gasteiger partial charge is 0.490 e. The first-order chi connectivity index (χ1) is 18.6. The lowest BCUT2D eigenvalue weighted by molar-refractivity contribution is 0.0183. The maximum Gasteiger partial charge on any atom is 0.410 e. The van der Waals surface area contributed by atoms with E-state index in [2.05, 4.69) is 9.83 Å². The van der Waals surface area contributed by atoms with Gasteiger partial charge in [0.25, 0.3) is 5.91 Å². The number of Topliss-reactive ketones (excluding diaryl/α,β-unsaturated/α-hetero) is 1. The minimum absolute atomic E-state index is 0.000361. The highest BCUT2D eigenvalue weighted by Crippen LogP contribution is 2.25. The number of piperidine rings is 2. The average Bonchev–Trinajstić information content (AvgIpc) is 2.93. The molecule has 2 amide bonds. The molecule has 0 aliphatic carbocycles. The Morgan fingerprint density at radius 3 is 2.15 bits per heavy atom. The highest BCUT2D eigenvalue weighted by Gasteiger charge is 2.29. The minimum Gasteiger partial charge on any atom is -0.490 e. The molecule has 0 N–H and O–H groups in total. The first-order valence-corrected chi connectivity index (χ1v) is 13.5. The van der Waals surface area contributed by atoms with Crippen LogP contribution in [0.1, 0.15) is 73.7 Å². The molecule has 9 nitrogen and oxygen atoms in total. The van der Waals surface area contributed by atoms with E-state index >= 15 is 0 Å². The van der Waals surface area contributed by atoms with Crippen LogP contribution in [0, 0.1) is 12.5 Å². The molecule has 4 rings (SSSR count). The van der Waals surface area contributed by atoms with Gasteiger partial charge in [-0.2, -0.15) is 0 Å². The summed E-state index contributed by atoms with van der Waals surface area (Å²) in [6.07, 6.45) is 4.51. The van der Waals surface area contributed by atoms with Crippen LogP contribution in [-0.4, -0.2) is 70.5 Å². The Hall–Kier alpha value is -3.93. The number of hydrogen-bond donors (Lipinski definition) is 0. The molecule has 3 heterocycles. The summed E-state index contributed by atoms with van der Waals surface area (Å²) in [6.45, 7) is 14.9. The summed E-state index contributed by atoms with van der Waals surface area (Å²) in [5.74, 6) is 0.775. The van der Waals surface area contributed by atoms with E-state index in [0.29, 0.717) is 62.4 Å². The van der Waals surface area contributed by atoms with E-state index in [0.717, 1.165) is 18.6 Å². The number of likely N-dealkylation sites (tertiary alicyclic amines) is 2. The zero-order valence-corrected chi connectivity index (χ0v) is 22.9. The van der Waals surface area contributed by atoms with Gasteiger partial charge in [-0.3, -0.25) is 14.6 Å². The second-order valence-corrected chi connectivity index (χ2v) is 11.2. The number of hydrogen-bond acceptors (Lipinski definition) is 6. The Morgan fingerprint density at radius 1 is 0.949 bits per heavy atom. The maximum absolute atomic E-state index is 13.0. The molecule has 1 aromatic heterocycles. The predicted octanol–water partition coefficient (Wildman–Crippen LogP) is 5.54. The molecule has 0 spiro atoms. The molecule has 0 bridgehead atoms. The number of ketones is 1. The van der Waals surface area contributed by atoms with Crippen LogP contribution in [0.15, 0.2) is 42.6 Å². The van der Waals surface area contributed by atoms with Crippen molar-refractivity contribution in [2.45, 2.75) is 64.6 Å². The van der Waals surface area contributed by atoms with Crippen molar-refractivity contribution in [2.75, 3.05) is 26.2 Å².